The highest BCUT2D eigenvalue weighted by molar-refractivity contribution is 5.84. The second-order valence-electron chi connectivity index (χ2n) is 4.57. The smallest absolute Gasteiger partial charge is 0.224 e. The van der Waals surface area contributed by atoms with E-state index < -0.39 is 18.5 Å². The number of aromatic nitrogens is 4. The van der Waals surface area contributed by atoms with Gasteiger partial charge in [0.1, 0.15) is 18.5 Å². The first-order valence-electron chi connectivity index (χ1n) is 6.22. The molecular formula is C11H15FN6O2. The van der Waals surface area contributed by atoms with Crippen molar-refractivity contribution in [3.63, 3.8) is 0 Å². The van der Waals surface area contributed by atoms with Gasteiger partial charge in [-0.1, -0.05) is 0 Å². The lowest BCUT2D eigenvalue weighted by atomic mass is 10.2. The van der Waals surface area contributed by atoms with Gasteiger partial charge >= 0.3 is 0 Å². The molecule has 2 aromatic heterocycles. The van der Waals surface area contributed by atoms with Crippen molar-refractivity contribution in [2.45, 2.75) is 24.9 Å². The summed E-state index contributed by atoms with van der Waals surface area (Å²) in [6.45, 7) is -0.358. The summed E-state index contributed by atoms with van der Waals surface area (Å²) >= 11 is 0. The monoisotopic (exact) mass is 282 g/mol. The van der Waals surface area contributed by atoms with E-state index in [0.717, 1.165) is 0 Å². The maximum atomic E-state index is 13.7. The Bertz CT molecular complexity index is 633. The van der Waals surface area contributed by atoms with Crippen molar-refractivity contribution in [3.8, 4) is 0 Å². The Morgan fingerprint density at radius 2 is 2.40 bits per heavy atom. The van der Waals surface area contributed by atoms with Crippen LogP contribution in [0.25, 0.3) is 11.2 Å². The molecule has 0 spiro atoms. The van der Waals surface area contributed by atoms with Crippen LogP contribution in [0.2, 0.25) is 0 Å². The minimum atomic E-state index is -1.22. The van der Waals surface area contributed by atoms with Gasteiger partial charge < -0.3 is 20.9 Å². The number of fused-ring (bicyclic) bond motifs is 1. The molecule has 4 N–H and O–H groups in total. The number of alkyl halides is 1. The predicted octanol–water partition coefficient (Wildman–Crippen LogP) is 0.0681. The van der Waals surface area contributed by atoms with Gasteiger partial charge in [0.05, 0.1) is 12.9 Å². The van der Waals surface area contributed by atoms with E-state index in [-0.39, 0.29) is 19.0 Å². The molecule has 0 bridgehead atoms. The molecule has 1 fully saturated rings. The lowest BCUT2D eigenvalue weighted by Gasteiger charge is -2.13. The molecule has 20 heavy (non-hydrogen) atoms. The van der Waals surface area contributed by atoms with Crippen LogP contribution < -0.4 is 11.1 Å². The topological polar surface area (TPSA) is 111 Å². The number of aliphatic hydroxyl groups excluding tert-OH is 1. The zero-order valence-electron chi connectivity index (χ0n) is 10.8. The van der Waals surface area contributed by atoms with Crippen LogP contribution in [0.15, 0.2) is 6.33 Å². The Balaban J connectivity index is 2.03. The van der Waals surface area contributed by atoms with Crippen LogP contribution in [0.3, 0.4) is 0 Å². The van der Waals surface area contributed by atoms with E-state index in [1.807, 2.05) is 0 Å². The average molecular weight is 282 g/mol. The first-order chi connectivity index (χ1) is 9.63. The first kappa shape index (κ1) is 13.0. The highest BCUT2D eigenvalue weighted by Crippen LogP contribution is 2.33. The van der Waals surface area contributed by atoms with Crippen LogP contribution in [0, 0.1) is 0 Å². The highest BCUT2D eigenvalue weighted by atomic mass is 19.1. The van der Waals surface area contributed by atoms with Crippen LogP contribution in [0.5, 0.6) is 0 Å². The number of rotatable bonds is 3. The summed E-state index contributed by atoms with van der Waals surface area (Å²) in [5.74, 6) is 0.594. The van der Waals surface area contributed by atoms with Crippen LogP contribution in [0.4, 0.5) is 16.2 Å². The molecular weight excluding hydrogens is 267 g/mol. The Kier molecular flexibility index (Phi) is 3.14. The summed E-state index contributed by atoms with van der Waals surface area (Å²) in [5.41, 5.74) is 6.65. The van der Waals surface area contributed by atoms with E-state index >= 15 is 0 Å². The second kappa shape index (κ2) is 4.84. The Morgan fingerprint density at radius 1 is 1.60 bits per heavy atom. The molecule has 0 aromatic carbocycles. The van der Waals surface area contributed by atoms with E-state index in [4.69, 9.17) is 15.6 Å². The number of nitrogens with zero attached hydrogens (tertiary/aromatic N) is 4. The Morgan fingerprint density at radius 3 is 3.05 bits per heavy atom. The molecule has 1 aliphatic heterocycles. The molecule has 8 nitrogen and oxygen atoms in total. The molecule has 9 heteroatoms. The van der Waals surface area contributed by atoms with Crippen molar-refractivity contribution in [2.75, 3.05) is 24.7 Å². The molecule has 0 aliphatic carbocycles. The van der Waals surface area contributed by atoms with Gasteiger partial charge in [-0.05, 0) is 0 Å². The van der Waals surface area contributed by atoms with E-state index in [2.05, 4.69) is 20.3 Å². The molecule has 3 heterocycles. The van der Waals surface area contributed by atoms with Gasteiger partial charge in [0.15, 0.2) is 17.0 Å². The summed E-state index contributed by atoms with van der Waals surface area (Å²) in [7, 11) is 1.70. The first-order valence-corrected chi connectivity index (χ1v) is 6.22. The van der Waals surface area contributed by atoms with Crippen molar-refractivity contribution in [2.24, 2.45) is 0 Å². The standard InChI is InChI=1S/C11H15FN6O2/c1-14-9-8-10(17-11(13)16-9)18(4-15-8)7-2-5(12)6(3-19)20-7/h4-7,19H,2-3H2,1H3,(H3,13,14,16,17)/t5-,6+,7+/m0/s1. The van der Waals surface area contributed by atoms with Crippen molar-refractivity contribution >= 4 is 22.9 Å². The van der Waals surface area contributed by atoms with Crippen molar-refractivity contribution in [3.05, 3.63) is 6.33 Å². The van der Waals surface area contributed by atoms with Gasteiger partial charge in [-0.25, -0.2) is 9.37 Å². The van der Waals surface area contributed by atoms with Crippen LogP contribution in [-0.4, -0.2) is 50.6 Å². The summed E-state index contributed by atoms with van der Waals surface area (Å²) in [4.78, 5) is 12.4. The lowest BCUT2D eigenvalue weighted by molar-refractivity contribution is -0.0323. The van der Waals surface area contributed by atoms with Gasteiger partial charge in [-0.2, -0.15) is 9.97 Å². The molecule has 3 rings (SSSR count). The second-order valence-corrected chi connectivity index (χ2v) is 4.57. The molecule has 2 aromatic rings. The number of nitrogens with two attached hydrogens (primary N) is 1. The number of nitrogens with one attached hydrogen (secondary N) is 1. The number of ether oxygens (including phenoxy) is 1. The van der Waals surface area contributed by atoms with Crippen LogP contribution in [-0.2, 0) is 4.74 Å². The number of imidazole rings is 1. The minimum absolute atomic E-state index is 0.0945. The predicted molar refractivity (Wildman–Crippen MR) is 69.8 cm³/mol. The van der Waals surface area contributed by atoms with Gasteiger partial charge in [0, 0.05) is 13.5 Å². The quantitative estimate of drug-likeness (QED) is 0.730. The fraction of sp³-hybridized carbons (Fsp3) is 0.545. The van der Waals surface area contributed by atoms with Gasteiger partial charge in [0.25, 0.3) is 0 Å². The van der Waals surface area contributed by atoms with Crippen molar-refractivity contribution < 1.29 is 14.2 Å². The Hall–Kier alpha value is -2.00. The lowest BCUT2D eigenvalue weighted by Crippen LogP contribution is -2.21. The number of halogens is 1. The molecule has 0 amide bonds. The molecule has 0 radical (unpaired) electrons. The highest BCUT2D eigenvalue weighted by Gasteiger charge is 2.36. The fourth-order valence-electron chi connectivity index (χ4n) is 2.34. The summed E-state index contributed by atoms with van der Waals surface area (Å²) in [5, 5.41) is 11.9. The molecule has 3 atom stereocenters. The maximum Gasteiger partial charge on any atom is 0.224 e. The summed E-state index contributed by atoms with van der Waals surface area (Å²) < 4.78 is 20.7. The van der Waals surface area contributed by atoms with Crippen LogP contribution in [0.1, 0.15) is 12.6 Å². The van der Waals surface area contributed by atoms with Gasteiger partial charge in [-0.3, -0.25) is 4.57 Å². The number of nitrogen functional groups attached to an aromatic ring is 1. The summed E-state index contributed by atoms with van der Waals surface area (Å²) in [6.07, 6.45) is -0.955. The zero-order chi connectivity index (χ0) is 14.3. The molecule has 0 unspecified atom stereocenters. The van der Waals surface area contributed by atoms with E-state index in [0.29, 0.717) is 17.0 Å². The third-order valence-corrected chi connectivity index (χ3v) is 3.33. The maximum absolute atomic E-state index is 13.7. The van der Waals surface area contributed by atoms with Gasteiger partial charge in [-0.15, -0.1) is 0 Å². The summed E-state index contributed by atoms with van der Waals surface area (Å²) in [6, 6.07) is 0. The largest absolute Gasteiger partial charge is 0.394 e. The third-order valence-electron chi connectivity index (χ3n) is 3.33. The zero-order valence-corrected chi connectivity index (χ0v) is 10.8. The molecule has 108 valence electrons. The SMILES string of the molecule is CNc1nc(N)nc2c1ncn2[C@H]1C[C@H](F)[C@@H](CO)O1. The molecule has 1 saturated heterocycles. The van der Waals surface area contributed by atoms with E-state index in [1.54, 1.807) is 11.6 Å². The Labute approximate surface area is 113 Å². The van der Waals surface area contributed by atoms with Crippen molar-refractivity contribution in [1.82, 2.24) is 19.5 Å². The number of hydrogen-bond acceptors (Lipinski definition) is 7. The minimum Gasteiger partial charge on any atom is -0.394 e. The normalized spacial score (nSPS) is 26.2. The molecule has 0 saturated carbocycles. The number of hydrogen-bond donors (Lipinski definition) is 3. The fourth-order valence-corrected chi connectivity index (χ4v) is 2.34. The average Bonchev–Trinajstić information content (AvgIpc) is 3.00. The van der Waals surface area contributed by atoms with Crippen LogP contribution >= 0.6 is 0 Å². The van der Waals surface area contributed by atoms with Crippen molar-refractivity contribution in [1.29, 1.82) is 0 Å². The number of anilines is 2. The van der Waals surface area contributed by atoms with E-state index in [1.165, 1.54) is 6.33 Å². The van der Waals surface area contributed by atoms with Gasteiger partial charge in [0.2, 0.25) is 5.95 Å². The molecule has 1 aliphatic rings. The third kappa shape index (κ3) is 1.95. The number of aliphatic hydroxyl groups is 1. The van der Waals surface area contributed by atoms with E-state index in [9.17, 15) is 4.39 Å².